The van der Waals surface area contributed by atoms with E-state index in [-0.39, 0.29) is 11.2 Å². The van der Waals surface area contributed by atoms with Crippen molar-refractivity contribution in [1.29, 1.82) is 0 Å². The summed E-state index contributed by atoms with van der Waals surface area (Å²) in [5.41, 5.74) is 2.38. The maximum atomic E-state index is 13.5. The van der Waals surface area contributed by atoms with E-state index in [1.165, 1.54) is 17.0 Å². The zero-order valence-corrected chi connectivity index (χ0v) is 14.5. The Morgan fingerprint density at radius 3 is 2.39 bits per heavy atom. The quantitative estimate of drug-likeness (QED) is 0.771. The van der Waals surface area contributed by atoms with Gasteiger partial charge < -0.3 is 9.88 Å². The van der Waals surface area contributed by atoms with E-state index in [4.69, 9.17) is 0 Å². The monoisotopic (exact) mass is 319 g/mol. The van der Waals surface area contributed by atoms with Gasteiger partial charge in [0.2, 0.25) is 0 Å². The number of pyridine rings is 1. The number of fused-ring (bicyclic) bond motifs is 1. The SMILES string of the molecule is CCCC[NH+](CCCC)Cc1c(C)[nH]c2ccc(F)cc2c1=O. The van der Waals surface area contributed by atoms with E-state index in [1.54, 1.807) is 6.07 Å². The van der Waals surface area contributed by atoms with E-state index in [1.807, 2.05) is 6.92 Å². The number of quaternary nitrogens is 1. The first-order valence-corrected chi connectivity index (χ1v) is 8.71. The highest BCUT2D eigenvalue weighted by molar-refractivity contribution is 5.79. The van der Waals surface area contributed by atoms with Gasteiger partial charge in [0.25, 0.3) is 0 Å². The number of aromatic nitrogens is 1. The molecular formula is C19H28FN2O+. The average molecular weight is 319 g/mol. The molecule has 1 aromatic heterocycles. The number of benzene rings is 1. The zero-order chi connectivity index (χ0) is 16.8. The van der Waals surface area contributed by atoms with E-state index in [0.29, 0.717) is 17.4 Å². The van der Waals surface area contributed by atoms with Gasteiger partial charge in [-0.05, 0) is 38.0 Å². The molecule has 2 aromatic rings. The van der Waals surface area contributed by atoms with Gasteiger partial charge >= 0.3 is 0 Å². The fourth-order valence-electron chi connectivity index (χ4n) is 3.04. The molecule has 0 spiro atoms. The van der Waals surface area contributed by atoms with Crippen LogP contribution in [0, 0.1) is 12.7 Å². The minimum Gasteiger partial charge on any atom is -0.358 e. The fourth-order valence-corrected chi connectivity index (χ4v) is 3.04. The van der Waals surface area contributed by atoms with Gasteiger partial charge in [0.1, 0.15) is 12.4 Å². The van der Waals surface area contributed by atoms with Gasteiger partial charge in [0.05, 0.1) is 18.7 Å². The number of unbranched alkanes of at least 4 members (excludes halogenated alkanes) is 2. The summed E-state index contributed by atoms with van der Waals surface area (Å²) in [6, 6.07) is 4.37. The second kappa shape index (κ2) is 8.25. The summed E-state index contributed by atoms with van der Waals surface area (Å²) in [6.07, 6.45) is 4.65. The zero-order valence-electron chi connectivity index (χ0n) is 14.5. The second-order valence-electron chi connectivity index (χ2n) is 6.38. The highest BCUT2D eigenvalue weighted by Crippen LogP contribution is 2.12. The standard InChI is InChI=1S/C19H27FN2O/c1-4-6-10-22(11-7-5-2)13-17-14(3)21-18-9-8-15(20)12-16(18)19(17)23/h8-9,12H,4-7,10-11,13H2,1-3H3,(H,21,23)/p+1. The molecule has 23 heavy (non-hydrogen) atoms. The minimum absolute atomic E-state index is 0.0266. The smallest absolute Gasteiger partial charge is 0.198 e. The van der Waals surface area contributed by atoms with E-state index >= 15 is 0 Å². The average Bonchev–Trinajstić information content (AvgIpc) is 2.54. The Hall–Kier alpha value is -1.68. The summed E-state index contributed by atoms with van der Waals surface area (Å²) in [6.45, 7) is 9.19. The van der Waals surface area contributed by atoms with Crippen molar-refractivity contribution >= 4 is 10.9 Å². The van der Waals surface area contributed by atoms with Gasteiger partial charge in [0.15, 0.2) is 5.43 Å². The van der Waals surface area contributed by atoms with Crippen LogP contribution in [0.2, 0.25) is 0 Å². The fraction of sp³-hybridized carbons (Fsp3) is 0.526. The largest absolute Gasteiger partial charge is 0.358 e. The lowest BCUT2D eigenvalue weighted by Crippen LogP contribution is -3.10. The van der Waals surface area contributed by atoms with E-state index < -0.39 is 0 Å². The molecule has 0 aliphatic heterocycles. The molecule has 3 nitrogen and oxygen atoms in total. The molecule has 0 unspecified atom stereocenters. The van der Waals surface area contributed by atoms with Crippen LogP contribution in [-0.4, -0.2) is 18.1 Å². The molecule has 1 heterocycles. The van der Waals surface area contributed by atoms with Crippen LogP contribution in [0.1, 0.15) is 50.8 Å². The van der Waals surface area contributed by atoms with Gasteiger partial charge in [-0.1, -0.05) is 26.7 Å². The molecule has 0 bridgehead atoms. The lowest BCUT2D eigenvalue weighted by Gasteiger charge is -2.20. The van der Waals surface area contributed by atoms with Crippen LogP contribution >= 0.6 is 0 Å². The summed E-state index contributed by atoms with van der Waals surface area (Å²) in [4.78, 5) is 17.5. The third kappa shape index (κ3) is 4.41. The number of nitrogens with one attached hydrogen (secondary N) is 2. The van der Waals surface area contributed by atoms with Crippen molar-refractivity contribution in [1.82, 2.24) is 4.98 Å². The maximum Gasteiger partial charge on any atom is 0.198 e. The molecule has 0 saturated carbocycles. The third-order valence-electron chi connectivity index (χ3n) is 4.47. The number of aryl methyl sites for hydroxylation is 1. The number of aromatic amines is 1. The Balaban J connectivity index is 2.34. The van der Waals surface area contributed by atoms with Crippen LogP contribution in [0.25, 0.3) is 10.9 Å². The molecule has 0 amide bonds. The first-order chi connectivity index (χ1) is 11.1. The Morgan fingerprint density at radius 1 is 1.13 bits per heavy atom. The number of hydrogen-bond donors (Lipinski definition) is 2. The van der Waals surface area contributed by atoms with Crippen molar-refractivity contribution in [2.75, 3.05) is 13.1 Å². The summed E-state index contributed by atoms with van der Waals surface area (Å²) in [7, 11) is 0. The van der Waals surface area contributed by atoms with Gasteiger partial charge in [-0.2, -0.15) is 0 Å². The van der Waals surface area contributed by atoms with Gasteiger partial charge in [-0.15, -0.1) is 0 Å². The molecule has 4 heteroatoms. The Morgan fingerprint density at radius 2 is 1.78 bits per heavy atom. The molecule has 1 aromatic carbocycles. The predicted molar refractivity (Wildman–Crippen MR) is 93.5 cm³/mol. The maximum absolute atomic E-state index is 13.5. The topological polar surface area (TPSA) is 37.3 Å². The van der Waals surface area contributed by atoms with Crippen molar-refractivity contribution in [3.05, 3.63) is 45.5 Å². The normalized spacial score (nSPS) is 11.5. The Bertz CT molecular complexity index is 700. The lowest BCUT2D eigenvalue weighted by molar-refractivity contribution is -0.914. The van der Waals surface area contributed by atoms with Crippen LogP contribution in [0.4, 0.5) is 4.39 Å². The number of H-pyrrole nitrogens is 1. The predicted octanol–water partition coefficient (Wildman–Crippen LogP) is 2.96. The second-order valence-corrected chi connectivity index (χ2v) is 6.38. The summed E-state index contributed by atoms with van der Waals surface area (Å²) < 4.78 is 13.5. The van der Waals surface area contributed by atoms with Crippen LogP contribution in [0.5, 0.6) is 0 Å². The number of rotatable bonds is 8. The third-order valence-corrected chi connectivity index (χ3v) is 4.47. The van der Waals surface area contributed by atoms with Crippen LogP contribution < -0.4 is 10.3 Å². The molecule has 2 rings (SSSR count). The van der Waals surface area contributed by atoms with Crippen molar-refractivity contribution in [2.45, 2.75) is 53.0 Å². The Labute approximate surface area is 137 Å². The molecule has 2 N–H and O–H groups in total. The van der Waals surface area contributed by atoms with Gasteiger partial charge in [-0.3, -0.25) is 4.79 Å². The van der Waals surface area contributed by atoms with Crippen molar-refractivity contribution in [3.63, 3.8) is 0 Å². The van der Waals surface area contributed by atoms with Gasteiger partial charge in [-0.25, -0.2) is 4.39 Å². The van der Waals surface area contributed by atoms with Crippen molar-refractivity contribution in [3.8, 4) is 0 Å². The first-order valence-electron chi connectivity index (χ1n) is 8.71. The van der Waals surface area contributed by atoms with Crippen molar-refractivity contribution < 1.29 is 9.29 Å². The molecular weight excluding hydrogens is 291 g/mol. The van der Waals surface area contributed by atoms with E-state index in [0.717, 1.165) is 50.0 Å². The molecule has 0 fully saturated rings. The molecule has 0 saturated heterocycles. The Kier molecular flexibility index (Phi) is 6.34. The van der Waals surface area contributed by atoms with E-state index in [2.05, 4.69) is 18.8 Å². The molecule has 0 atom stereocenters. The van der Waals surface area contributed by atoms with E-state index in [9.17, 15) is 9.18 Å². The number of halogens is 1. The molecule has 126 valence electrons. The van der Waals surface area contributed by atoms with Crippen molar-refractivity contribution in [2.24, 2.45) is 0 Å². The van der Waals surface area contributed by atoms with Gasteiger partial charge in [0, 0.05) is 16.6 Å². The van der Waals surface area contributed by atoms with Crippen LogP contribution in [0.15, 0.2) is 23.0 Å². The first kappa shape index (κ1) is 17.7. The van der Waals surface area contributed by atoms with Crippen LogP contribution in [0.3, 0.4) is 0 Å². The minimum atomic E-state index is -0.362. The highest BCUT2D eigenvalue weighted by atomic mass is 19.1. The summed E-state index contributed by atoms with van der Waals surface area (Å²) >= 11 is 0. The lowest BCUT2D eigenvalue weighted by atomic mass is 10.1. The van der Waals surface area contributed by atoms with Crippen LogP contribution in [-0.2, 0) is 6.54 Å². The number of hydrogen-bond acceptors (Lipinski definition) is 1. The highest BCUT2D eigenvalue weighted by Gasteiger charge is 2.16. The summed E-state index contributed by atoms with van der Waals surface area (Å²) in [5, 5.41) is 0.455. The molecule has 0 aliphatic rings. The summed E-state index contributed by atoms with van der Waals surface area (Å²) in [5.74, 6) is -0.362. The molecule has 0 aliphatic carbocycles. The molecule has 0 radical (unpaired) electrons.